The van der Waals surface area contributed by atoms with Crippen molar-refractivity contribution in [2.24, 2.45) is 0 Å². The SMILES string of the molecule is C[C@@H](NC(=O)O)c1nc2c(F)ccc(Cl)c2c(=O)n1-c1cncc(F)c1. The van der Waals surface area contributed by atoms with Crippen molar-refractivity contribution in [2.45, 2.75) is 13.0 Å². The fraction of sp³-hybridized carbons (Fsp3) is 0.125. The van der Waals surface area contributed by atoms with E-state index >= 15 is 0 Å². The van der Waals surface area contributed by atoms with Gasteiger partial charge >= 0.3 is 6.09 Å². The Labute approximate surface area is 149 Å². The lowest BCUT2D eigenvalue weighted by molar-refractivity contribution is 0.190. The second-order valence-corrected chi connectivity index (χ2v) is 5.80. The third-order valence-corrected chi connectivity index (χ3v) is 3.94. The van der Waals surface area contributed by atoms with Crippen LogP contribution in [-0.4, -0.2) is 25.7 Å². The molecule has 0 aliphatic carbocycles. The van der Waals surface area contributed by atoms with Gasteiger partial charge in [0, 0.05) is 6.07 Å². The van der Waals surface area contributed by atoms with E-state index < -0.39 is 29.3 Å². The van der Waals surface area contributed by atoms with E-state index in [0.717, 1.165) is 22.9 Å². The minimum atomic E-state index is -1.37. The molecule has 0 saturated heterocycles. The van der Waals surface area contributed by atoms with Gasteiger partial charge < -0.3 is 10.4 Å². The zero-order valence-electron chi connectivity index (χ0n) is 13.2. The number of nitrogens with one attached hydrogen (secondary N) is 1. The zero-order chi connectivity index (χ0) is 19.0. The van der Waals surface area contributed by atoms with Gasteiger partial charge in [-0.1, -0.05) is 11.6 Å². The molecule has 3 aromatic rings. The van der Waals surface area contributed by atoms with Crippen molar-refractivity contribution in [3.8, 4) is 5.69 Å². The van der Waals surface area contributed by atoms with Gasteiger partial charge in [0.25, 0.3) is 5.56 Å². The molecule has 2 aromatic heterocycles. The van der Waals surface area contributed by atoms with Crippen molar-refractivity contribution in [2.75, 3.05) is 0 Å². The van der Waals surface area contributed by atoms with E-state index in [4.69, 9.17) is 16.7 Å². The van der Waals surface area contributed by atoms with Crippen LogP contribution in [0.1, 0.15) is 18.8 Å². The van der Waals surface area contributed by atoms with Crippen LogP contribution in [0.2, 0.25) is 5.02 Å². The summed E-state index contributed by atoms with van der Waals surface area (Å²) in [6, 6.07) is 2.26. The van der Waals surface area contributed by atoms with E-state index in [1.165, 1.54) is 19.2 Å². The summed E-state index contributed by atoms with van der Waals surface area (Å²) in [7, 11) is 0. The molecule has 7 nitrogen and oxygen atoms in total. The molecule has 0 spiro atoms. The predicted molar refractivity (Wildman–Crippen MR) is 89.6 cm³/mol. The van der Waals surface area contributed by atoms with Gasteiger partial charge in [-0.15, -0.1) is 0 Å². The van der Waals surface area contributed by atoms with Crippen molar-refractivity contribution in [3.05, 3.63) is 63.4 Å². The molecule has 134 valence electrons. The van der Waals surface area contributed by atoms with Crippen LogP contribution < -0.4 is 10.9 Å². The van der Waals surface area contributed by atoms with Crippen LogP contribution in [0.25, 0.3) is 16.6 Å². The second kappa shape index (κ2) is 6.68. The summed E-state index contributed by atoms with van der Waals surface area (Å²) in [4.78, 5) is 31.7. The van der Waals surface area contributed by atoms with Gasteiger partial charge in [0.15, 0.2) is 0 Å². The lowest BCUT2D eigenvalue weighted by Gasteiger charge is -2.18. The summed E-state index contributed by atoms with van der Waals surface area (Å²) in [5, 5.41) is 10.8. The Hall–Kier alpha value is -3.07. The molecule has 1 amide bonds. The minimum Gasteiger partial charge on any atom is -0.465 e. The Bertz CT molecular complexity index is 1090. The molecule has 3 rings (SSSR count). The number of aromatic nitrogens is 3. The summed E-state index contributed by atoms with van der Waals surface area (Å²) in [5.74, 6) is -1.65. The Morgan fingerprint density at radius 1 is 1.35 bits per heavy atom. The monoisotopic (exact) mass is 380 g/mol. The Balaban J connectivity index is 2.43. The molecule has 26 heavy (non-hydrogen) atoms. The number of fused-ring (bicyclic) bond motifs is 1. The van der Waals surface area contributed by atoms with Crippen LogP contribution in [-0.2, 0) is 0 Å². The molecule has 0 unspecified atom stereocenters. The zero-order valence-corrected chi connectivity index (χ0v) is 14.0. The van der Waals surface area contributed by atoms with Gasteiger partial charge in [-0.2, -0.15) is 0 Å². The van der Waals surface area contributed by atoms with Crippen LogP contribution in [0.15, 0.2) is 35.4 Å². The first-order valence-corrected chi connectivity index (χ1v) is 7.68. The predicted octanol–water partition coefficient (Wildman–Crippen LogP) is 3.04. The fourth-order valence-corrected chi connectivity index (χ4v) is 2.78. The fourth-order valence-electron chi connectivity index (χ4n) is 2.55. The molecule has 1 atom stereocenters. The average molecular weight is 381 g/mol. The molecule has 0 aliphatic heterocycles. The molecule has 0 aliphatic rings. The van der Waals surface area contributed by atoms with E-state index in [0.29, 0.717) is 0 Å². The van der Waals surface area contributed by atoms with Crippen LogP contribution >= 0.6 is 11.6 Å². The van der Waals surface area contributed by atoms with Gasteiger partial charge in [0.1, 0.15) is 23.0 Å². The molecule has 0 radical (unpaired) electrons. The van der Waals surface area contributed by atoms with E-state index in [2.05, 4.69) is 15.3 Å². The van der Waals surface area contributed by atoms with Crippen LogP contribution in [0.3, 0.4) is 0 Å². The van der Waals surface area contributed by atoms with Gasteiger partial charge in [0.2, 0.25) is 0 Å². The molecule has 0 fully saturated rings. The average Bonchev–Trinajstić information content (AvgIpc) is 2.57. The molecule has 10 heteroatoms. The smallest absolute Gasteiger partial charge is 0.405 e. The maximum atomic E-state index is 14.2. The number of hydrogen-bond donors (Lipinski definition) is 2. The topological polar surface area (TPSA) is 97.1 Å². The number of benzene rings is 1. The number of hydrogen-bond acceptors (Lipinski definition) is 4. The number of carboxylic acid groups (broad SMARTS) is 1. The highest BCUT2D eigenvalue weighted by Gasteiger charge is 2.22. The van der Waals surface area contributed by atoms with Gasteiger partial charge in [-0.05, 0) is 19.1 Å². The number of carbonyl (C=O) groups is 1. The minimum absolute atomic E-state index is 0.00114. The first-order chi connectivity index (χ1) is 12.3. The highest BCUT2D eigenvalue weighted by atomic mass is 35.5. The number of pyridine rings is 1. The van der Waals surface area contributed by atoms with E-state index in [-0.39, 0.29) is 27.4 Å². The first-order valence-electron chi connectivity index (χ1n) is 7.30. The van der Waals surface area contributed by atoms with Gasteiger partial charge in [-0.25, -0.2) is 18.6 Å². The molecule has 0 saturated carbocycles. The maximum Gasteiger partial charge on any atom is 0.405 e. The van der Waals surface area contributed by atoms with E-state index in [1.807, 2.05) is 0 Å². The van der Waals surface area contributed by atoms with Gasteiger partial charge in [-0.3, -0.25) is 14.3 Å². The summed E-state index contributed by atoms with van der Waals surface area (Å²) >= 11 is 6.02. The Morgan fingerprint density at radius 3 is 2.73 bits per heavy atom. The first kappa shape index (κ1) is 17.7. The Morgan fingerprint density at radius 2 is 2.08 bits per heavy atom. The van der Waals surface area contributed by atoms with Crippen molar-refractivity contribution >= 4 is 28.6 Å². The quantitative estimate of drug-likeness (QED) is 0.728. The summed E-state index contributed by atoms with van der Waals surface area (Å²) in [6.07, 6.45) is 0.763. The molecular weight excluding hydrogens is 370 g/mol. The third-order valence-electron chi connectivity index (χ3n) is 3.63. The number of amides is 1. The van der Waals surface area contributed by atoms with Crippen molar-refractivity contribution in [1.82, 2.24) is 19.9 Å². The summed E-state index contributed by atoms with van der Waals surface area (Å²) in [6.45, 7) is 1.41. The van der Waals surface area contributed by atoms with Crippen molar-refractivity contribution < 1.29 is 18.7 Å². The molecule has 1 aromatic carbocycles. The number of halogens is 3. The largest absolute Gasteiger partial charge is 0.465 e. The maximum absolute atomic E-state index is 14.2. The number of nitrogens with zero attached hydrogens (tertiary/aromatic N) is 3. The molecular formula is C16H11ClF2N4O3. The third kappa shape index (κ3) is 3.08. The summed E-state index contributed by atoms with van der Waals surface area (Å²) < 4.78 is 28.7. The highest BCUT2D eigenvalue weighted by Crippen LogP contribution is 2.24. The normalized spacial score (nSPS) is 12.2. The molecule has 2 N–H and O–H groups in total. The van der Waals surface area contributed by atoms with Crippen molar-refractivity contribution in [1.29, 1.82) is 0 Å². The van der Waals surface area contributed by atoms with Crippen LogP contribution in [0, 0.1) is 11.6 Å². The standard InChI is InChI=1S/C16H11ClF2N4O3/c1-7(21-16(25)26)14-22-13-11(19)3-2-10(17)12(13)15(24)23(14)9-4-8(18)5-20-6-9/h2-7,21H,1H3,(H,25,26)/t7-/m1/s1. The lowest BCUT2D eigenvalue weighted by Crippen LogP contribution is -2.32. The summed E-state index contributed by atoms with van der Waals surface area (Å²) in [5.41, 5.74) is -1.09. The highest BCUT2D eigenvalue weighted by molar-refractivity contribution is 6.35. The van der Waals surface area contributed by atoms with Crippen LogP contribution in [0.5, 0.6) is 0 Å². The Kier molecular flexibility index (Phi) is 4.56. The molecule has 0 bridgehead atoms. The lowest BCUT2D eigenvalue weighted by atomic mass is 10.2. The number of rotatable bonds is 3. The van der Waals surface area contributed by atoms with E-state index in [9.17, 15) is 18.4 Å². The second-order valence-electron chi connectivity index (χ2n) is 5.40. The van der Waals surface area contributed by atoms with E-state index in [1.54, 1.807) is 0 Å². The van der Waals surface area contributed by atoms with Crippen LogP contribution in [0.4, 0.5) is 13.6 Å². The molecule has 2 heterocycles. The van der Waals surface area contributed by atoms with Gasteiger partial charge in [0.05, 0.1) is 34.5 Å². The van der Waals surface area contributed by atoms with Crippen molar-refractivity contribution in [3.63, 3.8) is 0 Å².